The van der Waals surface area contributed by atoms with Crippen LogP contribution < -0.4 is 5.73 Å². The normalized spacial score (nSPS) is 29.1. The van der Waals surface area contributed by atoms with Gasteiger partial charge in [-0.05, 0) is 50.1 Å². The van der Waals surface area contributed by atoms with Gasteiger partial charge in [-0.3, -0.25) is 4.99 Å². The average Bonchev–Trinajstić information content (AvgIpc) is 3.49. The summed E-state index contributed by atoms with van der Waals surface area (Å²) in [6.45, 7) is 0.611. The molecule has 0 saturated heterocycles. The first-order chi connectivity index (χ1) is 18.0. The van der Waals surface area contributed by atoms with E-state index < -0.39 is 23.9 Å². The number of hydrogen-bond donors (Lipinski definition) is 3. The molecule has 4 N–H and O–H groups in total. The number of benzene rings is 1. The summed E-state index contributed by atoms with van der Waals surface area (Å²) in [7, 11) is 2.01. The predicted octanol–water partition coefficient (Wildman–Crippen LogP) is 4.01. The summed E-state index contributed by atoms with van der Waals surface area (Å²) >= 11 is 5.87. The molecule has 4 atom stereocenters. The van der Waals surface area contributed by atoms with Crippen LogP contribution in [-0.4, -0.2) is 67.2 Å². The number of aliphatic hydroxyl groups is 2. The fourth-order valence-electron chi connectivity index (χ4n) is 6.25. The number of aliphatic hydroxyl groups excluding tert-OH is 2. The van der Waals surface area contributed by atoms with Crippen molar-refractivity contribution < 1.29 is 23.4 Å². The van der Waals surface area contributed by atoms with Crippen LogP contribution in [-0.2, 0) is 12.6 Å². The van der Waals surface area contributed by atoms with E-state index >= 15 is 0 Å². The van der Waals surface area contributed by atoms with E-state index in [2.05, 4.69) is 19.9 Å². The number of fused-ring (bicyclic) bond motifs is 2. The zero-order valence-corrected chi connectivity index (χ0v) is 21.4. The number of nitrogen functional groups attached to an aromatic ring is 1. The van der Waals surface area contributed by atoms with E-state index in [1.165, 1.54) is 12.4 Å². The molecule has 1 aromatic carbocycles. The standard InChI is InChI=1S/C26H28ClF3N6O2/c1-35(10-14-8-21(23(38)22(14)37)36-3-2-16-24(31)32-11-33-25(16)36)15-4-12(5-15)19-7-13-6-17(26(28,29)30)18(27)9-20(13)34-19/h2-3,6,9,11-12,14-15,21-23,37-38H,4-5,7-8,10H2,1H3,(H2,31,32,33)/t12?,14-,15?,21-,22-,23+/m1/s1. The van der Waals surface area contributed by atoms with Crippen molar-refractivity contribution in [2.75, 3.05) is 19.3 Å². The second kappa shape index (κ2) is 9.18. The second-order valence-electron chi connectivity index (χ2n) is 10.8. The van der Waals surface area contributed by atoms with Crippen LogP contribution in [0.5, 0.6) is 0 Å². The monoisotopic (exact) mass is 548 g/mol. The van der Waals surface area contributed by atoms with E-state index in [9.17, 15) is 23.4 Å². The van der Waals surface area contributed by atoms with Gasteiger partial charge in [0, 0.05) is 42.8 Å². The van der Waals surface area contributed by atoms with Crippen molar-refractivity contribution in [2.24, 2.45) is 16.8 Å². The minimum Gasteiger partial charge on any atom is -0.390 e. The maximum absolute atomic E-state index is 13.2. The fraction of sp³-hybridized carbons (Fsp3) is 0.500. The average molecular weight is 549 g/mol. The fourth-order valence-corrected chi connectivity index (χ4v) is 6.51. The van der Waals surface area contributed by atoms with Gasteiger partial charge in [-0.15, -0.1) is 0 Å². The minimum atomic E-state index is -4.49. The lowest BCUT2D eigenvalue weighted by Gasteiger charge is -2.42. The maximum atomic E-state index is 13.2. The lowest BCUT2D eigenvalue weighted by Crippen LogP contribution is -2.47. The van der Waals surface area contributed by atoms with E-state index in [-0.39, 0.29) is 28.9 Å². The highest BCUT2D eigenvalue weighted by Gasteiger charge is 2.45. The molecular weight excluding hydrogens is 521 g/mol. The molecule has 202 valence electrons. The highest BCUT2D eigenvalue weighted by Crippen LogP contribution is 2.44. The molecule has 2 fully saturated rings. The largest absolute Gasteiger partial charge is 0.417 e. The smallest absolute Gasteiger partial charge is 0.390 e. The molecule has 0 amide bonds. The van der Waals surface area contributed by atoms with Crippen LogP contribution in [0.3, 0.4) is 0 Å². The van der Waals surface area contributed by atoms with Gasteiger partial charge in [-0.1, -0.05) is 11.6 Å². The Labute approximate surface area is 222 Å². The molecule has 1 aliphatic heterocycles. The highest BCUT2D eigenvalue weighted by atomic mass is 35.5. The molecule has 38 heavy (non-hydrogen) atoms. The van der Waals surface area contributed by atoms with Crippen molar-refractivity contribution in [3.8, 4) is 0 Å². The number of hydrogen-bond acceptors (Lipinski definition) is 7. The molecule has 0 radical (unpaired) electrons. The lowest BCUT2D eigenvalue weighted by molar-refractivity contribution is -0.137. The van der Waals surface area contributed by atoms with E-state index in [0.717, 1.165) is 24.6 Å². The number of rotatable bonds is 5. The van der Waals surface area contributed by atoms with Gasteiger partial charge >= 0.3 is 6.18 Å². The molecule has 2 aliphatic carbocycles. The van der Waals surface area contributed by atoms with Crippen LogP contribution in [0, 0.1) is 11.8 Å². The highest BCUT2D eigenvalue weighted by molar-refractivity contribution is 6.31. The number of alkyl halides is 3. The first-order valence-electron chi connectivity index (χ1n) is 12.6. The van der Waals surface area contributed by atoms with Gasteiger partial charge < -0.3 is 25.4 Å². The minimum absolute atomic E-state index is 0.133. The molecular formula is C26H28ClF3N6O2. The van der Waals surface area contributed by atoms with Crippen LogP contribution in [0.25, 0.3) is 11.0 Å². The van der Waals surface area contributed by atoms with Gasteiger partial charge in [0.05, 0.1) is 33.8 Å². The molecule has 8 nitrogen and oxygen atoms in total. The summed E-state index contributed by atoms with van der Waals surface area (Å²) in [5.41, 5.74) is 7.74. The van der Waals surface area contributed by atoms with E-state index in [4.69, 9.17) is 17.3 Å². The van der Waals surface area contributed by atoms with Gasteiger partial charge in [0.25, 0.3) is 0 Å². The maximum Gasteiger partial charge on any atom is 0.417 e. The molecule has 6 rings (SSSR count). The third-order valence-electron chi connectivity index (χ3n) is 8.51. The van der Waals surface area contributed by atoms with Crippen LogP contribution in [0.15, 0.2) is 35.7 Å². The van der Waals surface area contributed by atoms with Crippen LogP contribution in [0.1, 0.15) is 36.4 Å². The lowest BCUT2D eigenvalue weighted by atomic mass is 9.75. The predicted molar refractivity (Wildman–Crippen MR) is 137 cm³/mol. The number of halogens is 4. The molecule has 12 heteroatoms. The Bertz CT molecular complexity index is 1420. The molecule has 3 aliphatic rings. The van der Waals surface area contributed by atoms with Crippen molar-refractivity contribution in [1.82, 2.24) is 19.4 Å². The summed E-state index contributed by atoms with van der Waals surface area (Å²) < 4.78 is 41.5. The number of aliphatic imine (C=N–C) groups is 1. The Morgan fingerprint density at radius 2 is 1.92 bits per heavy atom. The first kappa shape index (κ1) is 25.5. The Kier molecular flexibility index (Phi) is 6.17. The van der Waals surface area contributed by atoms with Gasteiger partial charge in [-0.25, -0.2) is 9.97 Å². The number of anilines is 1. The summed E-state index contributed by atoms with van der Waals surface area (Å²) in [6.07, 6.45) is -0.416. The topological polar surface area (TPSA) is 113 Å². The molecule has 3 heterocycles. The Morgan fingerprint density at radius 3 is 2.66 bits per heavy atom. The Morgan fingerprint density at radius 1 is 1.16 bits per heavy atom. The van der Waals surface area contributed by atoms with Crippen molar-refractivity contribution in [3.05, 3.63) is 46.9 Å². The van der Waals surface area contributed by atoms with Crippen LogP contribution >= 0.6 is 11.6 Å². The molecule has 0 unspecified atom stereocenters. The summed E-state index contributed by atoms with van der Waals surface area (Å²) in [5.74, 6) is 0.439. The molecule has 0 spiro atoms. The molecule has 2 aromatic heterocycles. The van der Waals surface area contributed by atoms with E-state index in [1.807, 2.05) is 23.9 Å². The van der Waals surface area contributed by atoms with E-state index in [0.29, 0.717) is 47.5 Å². The van der Waals surface area contributed by atoms with Gasteiger partial charge in [0.1, 0.15) is 23.9 Å². The van der Waals surface area contributed by atoms with E-state index in [1.54, 1.807) is 0 Å². The second-order valence-corrected chi connectivity index (χ2v) is 11.2. The number of nitrogens with two attached hydrogens (primary N) is 1. The molecule has 3 aromatic rings. The number of nitrogens with zero attached hydrogens (tertiary/aromatic N) is 5. The Hall–Kier alpha value is -2.73. The van der Waals surface area contributed by atoms with Gasteiger partial charge in [0.2, 0.25) is 0 Å². The van der Waals surface area contributed by atoms with Crippen molar-refractivity contribution in [2.45, 2.75) is 56.2 Å². The summed E-state index contributed by atoms with van der Waals surface area (Å²) in [5, 5.41) is 22.1. The summed E-state index contributed by atoms with van der Waals surface area (Å²) in [6, 6.07) is 4.19. The van der Waals surface area contributed by atoms with Gasteiger partial charge in [0.15, 0.2) is 0 Å². The number of aromatic nitrogens is 3. The van der Waals surface area contributed by atoms with Crippen molar-refractivity contribution in [1.29, 1.82) is 0 Å². The zero-order chi connectivity index (χ0) is 26.9. The Balaban J connectivity index is 1.07. The first-order valence-corrected chi connectivity index (χ1v) is 13.0. The molecule has 0 bridgehead atoms. The van der Waals surface area contributed by atoms with Crippen molar-refractivity contribution in [3.63, 3.8) is 0 Å². The van der Waals surface area contributed by atoms with Crippen LogP contribution in [0.2, 0.25) is 5.02 Å². The summed E-state index contributed by atoms with van der Waals surface area (Å²) in [4.78, 5) is 15.1. The van der Waals surface area contributed by atoms with Crippen molar-refractivity contribution >= 4 is 39.9 Å². The zero-order valence-electron chi connectivity index (χ0n) is 20.6. The third-order valence-corrected chi connectivity index (χ3v) is 8.82. The molecule has 2 saturated carbocycles. The van der Waals surface area contributed by atoms with Gasteiger partial charge in [-0.2, -0.15) is 13.2 Å². The SMILES string of the molecule is CN(C[C@H]1C[C@@H](n2ccc3c(N)ncnc32)[C@H](O)[C@@H]1O)C1CC(C2=Nc3cc(Cl)c(C(F)(F)F)cc3C2)C1. The quantitative estimate of drug-likeness (QED) is 0.444. The van der Waals surface area contributed by atoms with Crippen LogP contribution in [0.4, 0.5) is 24.7 Å². The third kappa shape index (κ3) is 4.25.